The first-order valence-electron chi connectivity index (χ1n) is 11.2. The lowest BCUT2D eigenvalue weighted by molar-refractivity contribution is -0.150. The predicted octanol–water partition coefficient (Wildman–Crippen LogP) is 5.19. The van der Waals surface area contributed by atoms with E-state index in [1.54, 1.807) is 22.9 Å². The van der Waals surface area contributed by atoms with Gasteiger partial charge in [0, 0.05) is 36.8 Å². The molecule has 6 nitrogen and oxygen atoms in total. The number of amides is 2. The van der Waals surface area contributed by atoms with Crippen LogP contribution in [0.3, 0.4) is 0 Å². The van der Waals surface area contributed by atoms with E-state index in [4.69, 9.17) is 28.9 Å². The number of nitrogens with two attached hydrogens (primary N) is 1. The van der Waals surface area contributed by atoms with Crippen molar-refractivity contribution in [2.45, 2.75) is 43.7 Å². The summed E-state index contributed by atoms with van der Waals surface area (Å²) in [6, 6.07) is 10.2. The van der Waals surface area contributed by atoms with E-state index in [2.05, 4.69) is 5.10 Å². The Kier molecular flexibility index (Phi) is 6.03. The SMILES string of the molecule is NC(=O)c1c(-c2ccc(Cl)c(Cl)c2)nn2c1CN(C(=O)CC1(c3ccc(F)cc3)CC(F)(F)C1)CC2. The number of aromatic nitrogens is 2. The summed E-state index contributed by atoms with van der Waals surface area (Å²) in [6.07, 6.45) is -1.14. The second kappa shape index (κ2) is 8.81. The third-order valence-electron chi connectivity index (χ3n) is 6.91. The number of fused-ring (bicyclic) bond motifs is 1. The van der Waals surface area contributed by atoms with E-state index in [-0.39, 0.29) is 36.0 Å². The molecule has 188 valence electrons. The van der Waals surface area contributed by atoms with Gasteiger partial charge in [0.25, 0.3) is 5.91 Å². The summed E-state index contributed by atoms with van der Waals surface area (Å²) in [5, 5.41) is 5.16. The van der Waals surface area contributed by atoms with Crippen LogP contribution in [0.2, 0.25) is 10.0 Å². The number of nitrogens with zero attached hydrogens (tertiary/aromatic N) is 3. The molecule has 2 aliphatic rings. The molecular weight excluding hydrogens is 516 g/mol. The number of primary amides is 1. The van der Waals surface area contributed by atoms with Crippen LogP contribution in [0.1, 0.15) is 40.9 Å². The molecule has 2 amide bonds. The molecule has 1 aliphatic heterocycles. The summed E-state index contributed by atoms with van der Waals surface area (Å²) in [5.74, 6) is -4.42. The van der Waals surface area contributed by atoms with E-state index in [1.165, 1.54) is 29.2 Å². The molecule has 11 heteroatoms. The third kappa shape index (κ3) is 4.35. The van der Waals surface area contributed by atoms with E-state index < -0.39 is 35.9 Å². The van der Waals surface area contributed by atoms with Gasteiger partial charge < -0.3 is 10.6 Å². The minimum atomic E-state index is -2.89. The zero-order valence-electron chi connectivity index (χ0n) is 18.9. The number of carbonyl (C=O) groups excluding carboxylic acids is 2. The summed E-state index contributed by atoms with van der Waals surface area (Å²) in [5.41, 5.74) is 6.61. The van der Waals surface area contributed by atoms with Crippen LogP contribution in [0.4, 0.5) is 13.2 Å². The predicted molar refractivity (Wildman–Crippen MR) is 128 cm³/mol. The maximum absolute atomic E-state index is 14.0. The van der Waals surface area contributed by atoms with Crippen LogP contribution in [0.15, 0.2) is 42.5 Å². The summed E-state index contributed by atoms with van der Waals surface area (Å²) in [7, 11) is 0. The fourth-order valence-corrected chi connectivity index (χ4v) is 5.51. The van der Waals surface area contributed by atoms with Crippen molar-refractivity contribution in [2.75, 3.05) is 6.54 Å². The maximum atomic E-state index is 14.0. The highest BCUT2D eigenvalue weighted by molar-refractivity contribution is 6.42. The van der Waals surface area contributed by atoms with Crippen molar-refractivity contribution < 1.29 is 22.8 Å². The Balaban J connectivity index is 1.43. The number of carbonyl (C=O) groups is 2. The van der Waals surface area contributed by atoms with Crippen LogP contribution in [0, 0.1) is 5.82 Å². The fraction of sp³-hybridized carbons (Fsp3) is 0.320. The van der Waals surface area contributed by atoms with Crippen molar-refractivity contribution in [3.05, 3.63) is 75.1 Å². The molecule has 0 unspecified atom stereocenters. The Bertz CT molecular complexity index is 1370. The highest BCUT2D eigenvalue weighted by atomic mass is 35.5. The summed E-state index contributed by atoms with van der Waals surface area (Å²) in [4.78, 5) is 27.3. The number of rotatable bonds is 5. The minimum Gasteiger partial charge on any atom is -0.365 e. The Morgan fingerprint density at radius 3 is 2.33 bits per heavy atom. The number of alkyl halides is 2. The number of benzene rings is 2. The first-order chi connectivity index (χ1) is 17.0. The third-order valence-corrected chi connectivity index (χ3v) is 7.65. The van der Waals surface area contributed by atoms with Crippen molar-refractivity contribution >= 4 is 35.0 Å². The molecule has 0 spiro atoms. The van der Waals surface area contributed by atoms with Crippen molar-refractivity contribution in [3.63, 3.8) is 0 Å². The molecule has 1 fully saturated rings. The van der Waals surface area contributed by atoms with Gasteiger partial charge in [-0.25, -0.2) is 13.2 Å². The van der Waals surface area contributed by atoms with Crippen LogP contribution >= 0.6 is 23.2 Å². The lowest BCUT2D eigenvalue weighted by atomic mass is 9.60. The zero-order chi connectivity index (χ0) is 25.8. The molecule has 2 heterocycles. The molecule has 1 saturated carbocycles. The zero-order valence-corrected chi connectivity index (χ0v) is 20.4. The average molecular weight is 537 g/mol. The maximum Gasteiger partial charge on any atom is 0.252 e. The quantitative estimate of drug-likeness (QED) is 0.486. The molecule has 1 aliphatic carbocycles. The van der Waals surface area contributed by atoms with E-state index in [0.29, 0.717) is 34.1 Å². The van der Waals surface area contributed by atoms with Gasteiger partial charge in [0.2, 0.25) is 11.8 Å². The van der Waals surface area contributed by atoms with Crippen LogP contribution < -0.4 is 5.73 Å². The van der Waals surface area contributed by atoms with E-state index in [1.807, 2.05) is 0 Å². The number of hydrogen-bond acceptors (Lipinski definition) is 3. The normalized spacial score (nSPS) is 17.9. The summed E-state index contributed by atoms with van der Waals surface area (Å²) in [6.45, 7) is 0.617. The lowest BCUT2D eigenvalue weighted by Gasteiger charge is -2.48. The Hall–Kier alpha value is -3.04. The first-order valence-corrected chi connectivity index (χ1v) is 12.0. The van der Waals surface area contributed by atoms with Gasteiger partial charge in [0.05, 0.1) is 34.4 Å². The van der Waals surface area contributed by atoms with Gasteiger partial charge in [-0.1, -0.05) is 41.4 Å². The molecule has 0 saturated heterocycles. The molecule has 0 radical (unpaired) electrons. The smallest absolute Gasteiger partial charge is 0.252 e. The first kappa shape index (κ1) is 24.6. The molecule has 0 bridgehead atoms. The molecule has 0 atom stereocenters. The molecule has 2 aromatic carbocycles. The molecular formula is C25H21Cl2F3N4O2. The second-order valence-corrected chi connectivity index (χ2v) is 10.2. The second-order valence-electron chi connectivity index (χ2n) is 9.38. The highest BCUT2D eigenvalue weighted by Gasteiger charge is 2.58. The lowest BCUT2D eigenvalue weighted by Crippen LogP contribution is -2.52. The Labute approximate surface area is 214 Å². The Morgan fingerprint density at radius 1 is 1.03 bits per heavy atom. The molecule has 1 aromatic heterocycles. The van der Waals surface area contributed by atoms with Crippen LogP contribution in [0.5, 0.6) is 0 Å². The molecule has 2 N–H and O–H groups in total. The largest absolute Gasteiger partial charge is 0.365 e. The summed E-state index contributed by atoms with van der Waals surface area (Å²) < 4.78 is 43.0. The van der Waals surface area contributed by atoms with Crippen molar-refractivity contribution in [1.82, 2.24) is 14.7 Å². The topological polar surface area (TPSA) is 81.2 Å². The van der Waals surface area contributed by atoms with E-state index >= 15 is 0 Å². The minimum absolute atomic E-state index is 0.0430. The van der Waals surface area contributed by atoms with Gasteiger partial charge >= 0.3 is 0 Å². The molecule has 3 aromatic rings. The average Bonchev–Trinajstić information content (AvgIpc) is 3.19. The molecule has 36 heavy (non-hydrogen) atoms. The number of hydrogen-bond donors (Lipinski definition) is 1. The van der Waals surface area contributed by atoms with Gasteiger partial charge in [0.15, 0.2) is 0 Å². The van der Waals surface area contributed by atoms with Gasteiger partial charge in [-0.05, 0) is 29.8 Å². The van der Waals surface area contributed by atoms with Gasteiger partial charge in [-0.3, -0.25) is 14.3 Å². The van der Waals surface area contributed by atoms with Gasteiger partial charge in [-0.2, -0.15) is 5.10 Å². The van der Waals surface area contributed by atoms with Gasteiger partial charge in [0.1, 0.15) is 11.5 Å². The van der Waals surface area contributed by atoms with Crippen LogP contribution in [-0.2, 0) is 23.3 Å². The van der Waals surface area contributed by atoms with Gasteiger partial charge in [-0.15, -0.1) is 0 Å². The monoisotopic (exact) mass is 536 g/mol. The molecule has 5 rings (SSSR count). The van der Waals surface area contributed by atoms with E-state index in [0.717, 1.165) is 0 Å². The van der Waals surface area contributed by atoms with Crippen molar-refractivity contribution in [1.29, 1.82) is 0 Å². The summed E-state index contributed by atoms with van der Waals surface area (Å²) >= 11 is 12.1. The standard InChI is InChI=1S/C25H21Cl2F3N4O2/c26-17-6-1-14(9-18(17)27)22-21(23(31)36)19-11-33(7-8-34(19)32-22)20(35)10-24(12-25(29,30)13-24)15-2-4-16(28)5-3-15/h1-6,9H,7-8,10-13H2,(H2,31,36). The van der Waals surface area contributed by atoms with Crippen LogP contribution in [-0.4, -0.2) is 39.0 Å². The number of halogens is 5. The highest BCUT2D eigenvalue weighted by Crippen LogP contribution is 2.55. The van der Waals surface area contributed by atoms with Crippen molar-refractivity contribution in [2.24, 2.45) is 5.73 Å². The Morgan fingerprint density at radius 2 is 1.72 bits per heavy atom. The van der Waals surface area contributed by atoms with Crippen molar-refractivity contribution in [3.8, 4) is 11.3 Å². The van der Waals surface area contributed by atoms with Crippen LogP contribution in [0.25, 0.3) is 11.3 Å². The van der Waals surface area contributed by atoms with E-state index in [9.17, 15) is 22.8 Å². The fourth-order valence-electron chi connectivity index (χ4n) is 5.21.